The van der Waals surface area contributed by atoms with Gasteiger partial charge in [0.05, 0.1) is 18.3 Å². The second-order valence-electron chi connectivity index (χ2n) is 8.71. The lowest BCUT2D eigenvalue weighted by Gasteiger charge is -2.15. The summed E-state index contributed by atoms with van der Waals surface area (Å²) in [5.41, 5.74) is 4.02. The van der Waals surface area contributed by atoms with Crippen molar-refractivity contribution in [3.63, 3.8) is 0 Å². The van der Waals surface area contributed by atoms with Crippen molar-refractivity contribution in [3.8, 4) is 17.2 Å². The molecule has 3 heterocycles. The van der Waals surface area contributed by atoms with Crippen molar-refractivity contribution in [1.82, 2.24) is 15.0 Å². The van der Waals surface area contributed by atoms with Crippen molar-refractivity contribution in [2.24, 2.45) is 0 Å². The van der Waals surface area contributed by atoms with Crippen LogP contribution in [-0.4, -0.2) is 39.0 Å². The molecule has 190 valence electrons. The summed E-state index contributed by atoms with van der Waals surface area (Å²) in [4.78, 5) is 25.8. The number of rotatable bonds is 8. The van der Waals surface area contributed by atoms with Gasteiger partial charge in [-0.1, -0.05) is 21.6 Å². The molecule has 8 nitrogen and oxygen atoms in total. The third-order valence-electron chi connectivity index (χ3n) is 5.90. The van der Waals surface area contributed by atoms with Gasteiger partial charge >= 0.3 is 0 Å². The van der Waals surface area contributed by atoms with Gasteiger partial charge in [-0.25, -0.2) is 9.97 Å². The maximum absolute atomic E-state index is 12.7. The number of fused-ring (bicyclic) bond motifs is 1. The molecule has 1 aliphatic heterocycles. The van der Waals surface area contributed by atoms with E-state index in [-0.39, 0.29) is 5.91 Å². The highest BCUT2D eigenvalue weighted by Gasteiger charge is 2.21. The lowest BCUT2D eigenvalue weighted by atomic mass is 10.1. The van der Waals surface area contributed by atoms with E-state index < -0.39 is 0 Å². The Morgan fingerprint density at radius 1 is 1.08 bits per heavy atom. The molecule has 37 heavy (non-hydrogen) atoms. The summed E-state index contributed by atoms with van der Waals surface area (Å²) in [7, 11) is 5.19. The maximum Gasteiger partial charge on any atom is 0.225 e. The quantitative estimate of drug-likeness (QED) is 0.241. The van der Waals surface area contributed by atoms with Crippen LogP contribution in [0.1, 0.15) is 24.1 Å². The van der Waals surface area contributed by atoms with Gasteiger partial charge < -0.3 is 20.1 Å². The van der Waals surface area contributed by atoms with Crippen molar-refractivity contribution >= 4 is 55.6 Å². The molecular formula is C27H27N5O3S2. The first kappa shape index (κ1) is 25.2. The van der Waals surface area contributed by atoms with E-state index >= 15 is 0 Å². The number of pyridine rings is 1. The van der Waals surface area contributed by atoms with Crippen molar-refractivity contribution < 1.29 is 14.3 Å². The molecule has 0 saturated carbocycles. The minimum atomic E-state index is -0.0281. The molecule has 10 heteroatoms. The SMILES string of the molecule is COc1cc2ncnc(Nc3ccc(Oc4ccnc(C)c4)c(C)c3)c2cc1NC(=O)CC1CCSS1. The fourth-order valence-corrected chi connectivity index (χ4v) is 6.95. The predicted molar refractivity (Wildman–Crippen MR) is 151 cm³/mol. The summed E-state index contributed by atoms with van der Waals surface area (Å²) < 4.78 is 11.6. The first-order valence-electron chi connectivity index (χ1n) is 11.9. The van der Waals surface area contributed by atoms with E-state index in [9.17, 15) is 4.79 Å². The van der Waals surface area contributed by atoms with Gasteiger partial charge in [0.2, 0.25) is 5.91 Å². The van der Waals surface area contributed by atoms with Crippen LogP contribution >= 0.6 is 21.6 Å². The van der Waals surface area contributed by atoms with Gasteiger partial charge in [0.25, 0.3) is 0 Å². The number of methoxy groups -OCH3 is 1. The third kappa shape index (κ3) is 6.08. The zero-order valence-electron chi connectivity index (χ0n) is 20.8. The molecule has 1 saturated heterocycles. The summed E-state index contributed by atoms with van der Waals surface area (Å²) >= 11 is 0. The number of carbonyl (C=O) groups excluding carboxylic acids is 1. The number of aromatic nitrogens is 3. The maximum atomic E-state index is 12.7. The Balaban J connectivity index is 1.38. The Kier molecular flexibility index (Phi) is 7.66. The normalized spacial score (nSPS) is 14.9. The van der Waals surface area contributed by atoms with Crippen LogP contribution in [0.3, 0.4) is 0 Å². The molecule has 2 aromatic heterocycles. The molecular weight excluding hydrogens is 506 g/mol. The van der Waals surface area contributed by atoms with Gasteiger partial charge in [0.15, 0.2) is 0 Å². The molecule has 0 radical (unpaired) electrons. The molecule has 1 unspecified atom stereocenters. The molecule has 0 aliphatic carbocycles. The smallest absolute Gasteiger partial charge is 0.225 e. The molecule has 1 amide bonds. The largest absolute Gasteiger partial charge is 0.494 e. The second-order valence-corrected chi connectivity index (χ2v) is 11.5. The average molecular weight is 534 g/mol. The lowest BCUT2D eigenvalue weighted by Crippen LogP contribution is -2.17. The Morgan fingerprint density at radius 3 is 2.73 bits per heavy atom. The van der Waals surface area contributed by atoms with Gasteiger partial charge in [0, 0.05) is 52.5 Å². The number of amides is 1. The summed E-state index contributed by atoms with van der Waals surface area (Å²) in [5.74, 6) is 3.75. The Bertz CT molecular complexity index is 1440. The number of aryl methyl sites for hydroxylation is 2. The van der Waals surface area contributed by atoms with Crippen LogP contribution in [0.2, 0.25) is 0 Å². The van der Waals surface area contributed by atoms with Crippen molar-refractivity contribution in [2.75, 3.05) is 23.5 Å². The number of nitrogens with one attached hydrogen (secondary N) is 2. The highest BCUT2D eigenvalue weighted by atomic mass is 33.1. The topological polar surface area (TPSA) is 98.3 Å². The molecule has 1 fully saturated rings. The minimum Gasteiger partial charge on any atom is -0.494 e. The number of hydrogen-bond donors (Lipinski definition) is 2. The average Bonchev–Trinajstić information content (AvgIpc) is 3.38. The Hall–Kier alpha value is -3.50. The molecule has 5 rings (SSSR count). The number of nitrogens with zero attached hydrogens (tertiary/aromatic N) is 3. The summed E-state index contributed by atoms with van der Waals surface area (Å²) in [6.45, 7) is 3.92. The van der Waals surface area contributed by atoms with Gasteiger partial charge in [-0.05, 0) is 56.2 Å². The van der Waals surface area contributed by atoms with Crippen LogP contribution in [-0.2, 0) is 4.79 Å². The standard InChI is InChI=1S/C27H27N5O3S2/c1-16-10-18(4-5-24(16)35-19-6-8-28-17(2)11-19)31-27-21-13-23(25(34-3)14-22(21)29-15-30-27)32-26(33)12-20-7-9-36-37-20/h4-6,8,10-11,13-15,20H,7,9,12H2,1-3H3,(H,32,33)(H,29,30,31). The molecule has 2 N–H and O–H groups in total. The number of carbonyl (C=O) groups is 1. The number of hydrogen-bond acceptors (Lipinski definition) is 9. The first-order chi connectivity index (χ1) is 18.0. The lowest BCUT2D eigenvalue weighted by molar-refractivity contribution is -0.116. The van der Waals surface area contributed by atoms with Gasteiger partial charge in [0.1, 0.15) is 29.4 Å². The summed E-state index contributed by atoms with van der Waals surface area (Å²) in [6, 6.07) is 13.3. The molecule has 1 atom stereocenters. The fraction of sp³-hybridized carbons (Fsp3) is 0.259. The zero-order chi connectivity index (χ0) is 25.8. The molecule has 0 spiro atoms. The van der Waals surface area contributed by atoms with E-state index in [0.29, 0.717) is 34.4 Å². The minimum absolute atomic E-state index is 0.0281. The number of ether oxygens (including phenoxy) is 2. The van der Waals surface area contributed by atoms with Gasteiger partial charge in [-0.2, -0.15) is 0 Å². The van der Waals surface area contributed by atoms with Gasteiger partial charge in [-0.3, -0.25) is 9.78 Å². The Morgan fingerprint density at radius 2 is 1.97 bits per heavy atom. The van der Waals surface area contributed by atoms with E-state index in [4.69, 9.17) is 9.47 Å². The highest BCUT2D eigenvalue weighted by molar-refractivity contribution is 8.77. The Labute approximate surface area is 223 Å². The van der Waals surface area contributed by atoms with Crippen LogP contribution in [0.25, 0.3) is 10.9 Å². The summed E-state index contributed by atoms with van der Waals surface area (Å²) in [6.07, 6.45) is 4.76. The molecule has 4 aromatic rings. The van der Waals surface area contributed by atoms with Gasteiger partial charge in [-0.15, -0.1) is 0 Å². The molecule has 0 bridgehead atoms. The third-order valence-corrected chi connectivity index (χ3v) is 8.84. The number of anilines is 3. The van der Waals surface area contributed by atoms with E-state index in [1.165, 1.54) is 6.33 Å². The molecule has 2 aromatic carbocycles. The van der Waals surface area contributed by atoms with E-state index in [1.807, 2.05) is 67.1 Å². The van der Waals surface area contributed by atoms with E-state index in [2.05, 4.69) is 25.6 Å². The molecule has 1 aliphatic rings. The first-order valence-corrected chi connectivity index (χ1v) is 14.3. The van der Waals surface area contributed by atoms with Crippen LogP contribution in [0.4, 0.5) is 17.2 Å². The number of benzene rings is 2. The second kappa shape index (κ2) is 11.3. The van der Waals surface area contributed by atoms with Crippen molar-refractivity contribution in [3.05, 3.63) is 66.2 Å². The summed E-state index contributed by atoms with van der Waals surface area (Å²) in [5, 5.41) is 7.53. The van der Waals surface area contributed by atoms with Crippen molar-refractivity contribution in [2.45, 2.75) is 31.9 Å². The monoisotopic (exact) mass is 533 g/mol. The fourth-order valence-electron chi connectivity index (χ4n) is 4.05. The van der Waals surface area contributed by atoms with Crippen LogP contribution in [0.5, 0.6) is 17.2 Å². The van der Waals surface area contributed by atoms with Crippen LogP contribution in [0.15, 0.2) is 55.0 Å². The highest BCUT2D eigenvalue weighted by Crippen LogP contribution is 2.40. The van der Waals surface area contributed by atoms with Crippen LogP contribution < -0.4 is 20.1 Å². The zero-order valence-corrected chi connectivity index (χ0v) is 22.4. The van der Waals surface area contributed by atoms with Crippen LogP contribution in [0, 0.1) is 13.8 Å². The predicted octanol–water partition coefficient (Wildman–Crippen LogP) is 6.67. The van der Waals surface area contributed by atoms with E-state index in [0.717, 1.165) is 46.0 Å². The van der Waals surface area contributed by atoms with Crippen molar-refractivity contribution in [1.29, 1.82) is 0 Å². The van der Waals surface area contributed by atoms with E-state index in [1.54, 1.807) is 24.1 Å².